The van der Waals surface area contributed by atoms with Crippen LogP contribution in [0.2, 0.25) is 0 Å². The van der Waals surface area contributed by atoms with Gasteiger partial charge in [0.25, 0.3) is 0 Å². The van der Waals surface area contributed by atoms with Gasteiger partial charge in [-0.1, -0.05) is 0 Å². The van der Waals surface area contributed by atoms with Gasteiger partial charge < -0.3 is 10.1 Å². The molecule has 1 aliphatic heterocycles. The predicted molar refractivity (Wildman–Crippen MR) is 89.5 cm³/mol. The highest BCUT2D eigenvalue weighted by Gasteiger charge is 2.18. The highest BCUT2D eigenvalue weighted by molar-refractivity contribution is 7.98. The molecule has 1 saturated heterocycles. The Morgan fingerprint density at radius 2 is 2.23 bits per heavy atom. The largest absolute Gasteiger partial charge is 0.484 e. The lowest BCUT2D eigenvalue weighted by molar-refractivity contribution is 0.285. The molecule has 1 aromatic heterocycles. The lowest BCUT2D eigenvalue weighted by Gasteiger charge is -2.20. The van der Waals surface area contributed by atoms with Crippen molar-refractivity contribution >= 4 is 23.1 Å². The maximum Gasteiger partial charge on any atom is 0.166 e. The molecule has 1 aromatic carbocycles. The third kappa shape index (κ3) is 3.80. The smallest absolute Gasteiger partial charge is 0.166 e. The second-order valence-electron chi connectivity index (χ2n) is 5.29. The van der Waals surface area contributed by atoms with Gasteiger partial charge in [-0.05, 0) is 50.4 Å². The number of halogens is 1. The number of benzene rings is 1. The summed E-state index contributed by atoms with van der Waals surface area (Å²) in [6, 6.07) is 5.05. The van der Waals surface area contributed by atoms with Crippen molar-refractivity contribution in [3.05, 3.63) is 40.1 Å². The average Bonchev–Trinajstić information content (AvgIpc) is 3.03. The number of thiazole rings is 1. The van der Waals surface area contributed by atoms with Gasteiger partial charge in [-0.15, -0.1) is 23.1 Å². The number of piperidine rings is 1. The molecule has 3 nitrogen and oxygen atoms in total. The topological polar surface area (TPSA) is 34.1 Å². The first-order valence-electron chi connectivity index (χ1n) is 7.37. The van der Waals surface area contributed by atoms with Crippen LogP contribution in [0.15, 0.2) is 28.5 Å². The summed E-state index contributed by atoms with van der Waals surface area (Å²) >= 11 is 3.20. The minimum absolute atomic E-state index is 0.286. The number of rotatable bonds is 5. The van der Waals surface area contributed by atoms with Gasteiger partial charge in [0.15, 0.2) is 11.6 Å². The van der Waals surface area contributed by atoms with E-state index < -0.39 is 0 Å². The molecule has 0 spiro atoms. The lowest BCUT2D eigenvalue weighted by Crippen LogP contribution is -2.26. The Labute approximate surface area is 138 Å². The Kier molecular flexibility index (Phi) is 5.33. The van der Waals surface area contributed by atoms with Crippen LogP contribution < -0.4 is 10.1 Å². The molecule has 2 heterocycles. The summed E-state index contributed by atoms with van der Waals surface area (Å²) in [7, 11) is 0. The quantitative estimate of drug-likeness (QED) is 0.834. The van der Waals surface area contributed by atoms with Crippen molar-refractivity contribution < 1.29 is 9.13 Å². The molecule has 6 heteroatoms. The number of hydrogen-bond donors (Lipinski definition) is 1. The normalized spacial score (nSPS) is 15.9. The van der Waals surface area contributed by atoms with Crippen LogP contribution in [-0.2, 0) is 6.61 Å². The van der Waals surface area contributed by atoms with E-state index in [1.807, 2.05) is 17.7 Å². The van der Waals surface area contributed by atoms with E-state index in [4.69, 9.17) is 4.74 Å². The number of thioether (sulfide) groups is 1. The first kappa shape index (κ1) is 15.8. The minimum atomic E-state index is -0.319. The zero-order chi connectivity index (χ0) is 15.4. The maximum atomic E-state index is 13.9. The van der Waals surface area contributed by atoms with Gasteiger partial charge in [0, 0.05) is 16.2 Å². The molecule has 0 amide bonds. The SMILES string of the molecule is CSc1ccc(OCc2csc(C3CCNCC3)n2)c(F)c1. The molecule has 1 aliphatic rings. The monoisotopic (exact) mass is 338 g/mol. The molecule has 3 rings (SSSR count). The van der Waals surface area contributed by atoms with Gasteiger partial charge >= 0.3 is 0 Å². The van der Waals surface area contributed by atoms with E-state index in [1.54, 1.807) is 17.4 Å². The molecule has 0 bridgehead atoms. The maximum absolute atomic E-state index is 13.9. The van der Waals surface area contributed by atoms with Crippen LogP contribution >= 0.6 is 23.1 Å². The second-order valence-corrected chi connectivity index (χ2v) is 7.06. The van der Waals surface area contributed by atoms with Crippen molar-refractivity contribution in [3.63, 3.8) is 0 Å². The van der Waals surface area contributed by atoms with Gasteiger partial charge in [-0.3, -0.25) is 0 Å². The molecular weight excluding hydrogens is 319 g/mol. The number of nitrogens with zero attached hydrogens (tertiary/aromatic N) is 1. The van der Waals surface area contributed by atoms with Crippen molar-refractivity contribution in [2.75, 3.05) is 19.3 Å². The Morgan fingerprint density at radius 3 is 2.95 bits per heavy atom. The van der Waals surface area contributed by atoms with Crippen LogP contribution in [0.4, 0.5) is 4.39 Å². The summed E-state index contributed by atoms with van der Waals surface area (Å²) < 4.78 is 19.4. The molecular formula is C16H19FN2OS2. The standard InChI is InChI=1S/C16H19FN2OS2/c1-21-13-2-3-15(14(17)8-13)20-9-12-10-22-16(19-12)11-4-6-18-7-5-11/h2-3,8,10-11,18H,4-7,9H2,1H3. The summed E-state index contributed by atoms with van der Waals surface area (Å²) in [5, 5.41) is 6.56. The molecule has 1 fully saturated rings. The van der Waals surface area contributed by atoms with Crippen molar-refractivity contribution in [1.82, 2.24) is 10.3 Å². The third-order valence-electron chi connectivity index (χ3n) is 3.77. The van der Waals surface area contributed by atoms with Crippen molar-refractivity contribution in [1.29, 1.82) is 0 Å². The highest BCUT2D eigenvalue weighted by Crippen LogP contribution is 2.29. The van der Waals surface area contributed by atoms with E-state index in [-0.39, 0.29) is 11.6 Å². The fraction of sp³-hybridized carbons (Fsp3) is 0.438. The summed E-state index contributed by atoms with van der Waals surface area (Å²) in [6.07, 6.45) is 4.20. The van der Waals surface area contributed by atoms with Crippen LogP contribution in [0.3, 0.4) is 0 Å². The van der Waals surface area contributed by atoms with Gasteiger partial charge in [0.2, 0.25) is 0 Å². The number of ether oxygens (including phenoxy) is 1. The van der Waals surface area contributed by atoms with Crippen LogP contribution in [0.1, 0.15) is 29.5 Å². The van der Waals surface area contributed by atoms with E-state index in [0.29, 0.717) is 12.5 Å². The number of aromatic nitrogens is 1. The fourth-order valence-corrected chi connectivity index (χ4v) is 3.92. The predicted octanol–water partition coefficient (Wildman–Crippen LogP) is 4.05. The van der Waals surface area contributed by atoms with Gasteiger partial charge in [-0.25, -0.2) is 9.37 Å². The van der Waals surface area contributed by atoms with Crippen LogP contribution in [-0.4, -0.2) is 24.3 Å². The van der Waals surface area contributed by atoms with Crippen molar-refractivity contribution in [2.45, 2.75) is 30.3 Å². The van der Waals surface area contributed by atoms with E-state index in [9.17, 15) is 4.39 Å². The van der Waals surface area contributed by atoms with Gasteiger partial charge in [0.1, 0.15) is 6.61 Å². The fourth-order valence-electron chi connectivity index (χ4n) is 2.52. The van der Waals surface area contributed by atoms with Crippen molar-refractivity contribution in [3.8, 4) is 5.75 Å². The minimum Gasteiger partial charge on any atom is -0.484 e. The Hall–Kier alpha value is -1.11. The van der Waals surface area contributed by atoms with E-state index in [2.05, 4.69) is 10.3 Å². The summed E-state index contributed by atoms with van der Waals surface area (Å²) in [4.78, 5) is 5.55. The first-order valence-corrected chi connectivity index (χ1v) is 9.48. The lowest BCUT2D eigenvalue weighted by atomic mass is 9.99. The van der Waals surface area contributed by atoms with Gasteiger partial charge in [-0.2, -0.15) is 0 Å². The third-order valence-corrected chi connectivity index (χ3v) is 5.55. The van der Waals surface area contributed by atoms with Crippen LogP contribution in [0, 0.1) is 5.82 Å². The second kappa shape index (κ2) is 7.44. The molecule has 0 atom stereocenters. The molecule has 0 radical (unpaired) electrons. The molecule has 2 aromatic rings. The van der Waals surface area contributed by atoms with E-state index >= 15 is 0 Å². The van der Waals surface area contributed by atoms with Gasteiger partial charge in [0.05, 0.1) is 10.7 Å². The first-order chi connectivity index (χ1) is 10.8. The molecule has 0 unspecified atom stereocenters. The highest BCUT2D eigenvalue weighted by atomic mass is 32.2. The molecule has 0 aliphatic carbocycles. The molecule has 22 heavy (non-hydrogen) atoms. The van der Waals surface area contributed by atoms with E-state index in [1.165, 1.54) is 22.8 Å². The Bertz CT molecular complexity index is 626. The van der Waals surface area contributed by atoms with Crippen LogP contribution in [0.5, 0.6) is 5.75 Å². The molecule has 118 valence electrons. The summed E-state index contributed by atoms with van der Waals surface area (Å²) in [5.41, 5.74) is 0.881. The molecule has 1 N–H and O–H groups in total. The van der Waals surface area contributed by atoms with E-state index in [0.717, 1.165) is 36.5 Å². The zero-order valence-electron chi connectivity index (χ0n) is 12.5. The molecule has 0 saturated carbocycles. The summed E-state index contributed by atoms with van der Waals surface area (Å²) in [6.45, 7) is 2.43. The number of nitrogens with one attached hydrogen (secondary N) is 1. The average molecular weight is 338 g/mol. The Morgan fingerprint density at radius 1 is 1.41 bits per heavy atom. The van der Waals surface area contributed by atoms with Crippen molar-refractivity contribution in [2.24, 2.45) is 0 Å². The van der Waals surface area contributed by atoms with Crippen LogP contribution in [0.25, 0.3) is 0 Å². The zero-order valence-corrected chi connectivity index (χ0v) is 14.1. The number of hydrogen-bond acceptors (Lipinski definition) is 5. The Balaban J connectivity index is 1.61. The summed E-state index contributed by atoms with van der Waals surface area (Å²) in [5.74, 6) is 0.521.